The lowest BCUT2D eigenvalue weighted by atomic mass is 9.87. The molecule has 1 aromatic rings. The van der Waals surface area contributed by atoms with E-state index in [1.807, 2.05) is 20.8 Å². The lowest BCUT2D eigenvalue weighted by Gasteiger charge is -2.18. The van der Waals surface area contributed by atoms with Crippen molar-refractivity contribution in [1.82, 2.24) is 0 Å². The van der Waals surface area contributed by atoms with Crippen LogP contribution in [0.25, 0.3) is 0 Å². The van der Waals surface area contributed by atoms with E-state index >= 15 is 0 Å². The molecular formula is C11H12F2O2. The van der Waals surface area contributed by atoms with Crippen molar-refractivity contribution < 1.29 is 18.3 Å². The zero-order chi connectivity index (χ0) is 11.3. The van der Waals surface area contributed by atoms with Crippen molar-refractivity contribution in [3.8, 4) is 11.5 Å². The van der Waals surface area contributed by atoms with Gasteiger partial charge in [0.2, 0.25) is 0 Å². The molecule has 1 aliphatic heterocycles. The zero-order valence-electron chi connectivity index (χ0n) is 8.80. The SMILES string of the molecule is CC(C)(C)c1ccc2c(c1)OC(F)(F)O2. The number of halogens is 2. The fraction of sp³-hybridized carbons (Fsp3) is 0.455. The van der Waals surface area contributed by atoms with Crippen LogP contribution in [0.15, 0.2) is 18.2 Å². The van der Waals surface area contributed by atoms with Gasteiger partial charge in [0.05, 0.1) is 0 Å². The minimum Gasteiger partial charge on any atom is -0.395 e. The van der Waals surface area contributed by atoms with Gasteiger partial charge in [0.1, 0.15) is 0 Å². The number of hydrogen-bond acceptors (Lipinski definition) is 2. The van der Waals surface area contributed by atoms with E-state index in [1.54, 1.807) is 12.1 Å². The van der Waals surface area contributed by atoms with Gasteiger partial charge in [-0.25, -0.2) is 0 Å². The maximum Gasteiger partial charge on any atom is 0.586 e. The van der Waals surface area contributed by atoms with Crippen LogP contribution < -0.4 is 9.47 Å². The van der Waals surface area contributed by atoms with Gasteiger partial charge in [-0.15, -0.1) is 8.78 Å². The first kappa shape index (κ1) is 10.2. The van der Waals surface area contributed by atoms with Gasteiger partial charge in [-0.05, 0) is 23.1 Å². The van der Waals surface area contributed by atoms with Gasteiger partial charge in [0.15, 0.2) is 11.5 Å². The number of benzene rings is 1. The van der Waals surface area contributed by atoms with E-state index < -0.39 is 6.29 Å². The summed E-state index contributed by atoms with van der Waals surface area (Å²) in [5, 5.41) is 0. The lowest BCUT2D eigenvalue weighted by molar-refractivity contribution is -0.286. The van der Waals surface area contributed by atoms with E-state index in [9.17, 15) is 8.78 Å². The normalized spacial score (nSPS) is 17.9. The fourth-order valence-electron chi connectivity index (χ4n) is 1.42. The molecule has 0 radical (unpaired) electrons. The van der Waals surface area contributed by atoms with Crippen molar-refractivity contribution in [1.29, 1.82) is 0 Å². The molecule has 0 fully saturated rings. The van der Waals surface area contributed by atoms with Crippen molar-refractivity contribution in [2.24, 2.45) is 0 Å². The minimum absolute atomic E-state index is 0.0907. The van der Waals surface area contributed by atoms with Gasteiger partial charge < -0.3 is 9.47 Å². The molecule has 2 rings (SSSR count). The van der Waals surface area contributed by atoms with Gasteiger partial charge >= 0.3 is 6.29 Å². The molecule has 1 heterocycles. The predicted octanol–water partition coefficient (Wildman–Crippen LogP) is 3.31. The van der Waals surface area contributed by atoms with Crippen LogP contribution >= 0.6 is 0 Å². The van der Waals surface area contributed by atoms with Gasteiger partial charge in [0, 0.05) is 0 Å². The third-order valence-electron chi connectivity index (χ3n) is 2.27. The Labute approximate surface area is 86.8 Å². The smallest absolute Gasteiger partial charge is 0.395 e. The Kier molecular flexibility index (Phi) is 1.93. The number of fused-ring (bicyclic) bond motifs is 1. The molecule has 2 nitrogen and oxygen atoms in total. The van der Waals surface area contributed by atoms with E-state index in [0.717, 1.165) is 5.56 Å². The molecule has 0 N–H and O–H groups in total. The van der Waals surface area contributed by atoms with Crippen LogP contribution in [0.2, 0.25) is 0 Å². The molecule has 0 aromatic heterocycles. The van der Waals surface area contributed by atoms with Crippen LogP contribution in [-0.2, 0) is 5.41 Å². The summed E-state index contributed by atoms with van der Waals surface area (Å²) in [4.78, 5) is 0. The first-order valence-electron chi connectivity index (χ1n) is 4.68. The van der Waals surface area contributed by atoms with E-state index in [4.69, 9.17) is 0 Å². The third kappa shape index (κ3) is 1.89. The van der Waals surface area contributed by atoms with Crippen molar-refractivity contribution in [2.45, 2.75) is 32.5 Å². The Bertz CT molecular complexity index is 394. The van der Waals surface area contributed by atoms with Crippen LogP contribution in [0.4, 0.5) is 8.78 Å². The van der Waals surface area contributed by atoms with Crippen molar-refractivity contribution in [2.75, 3.05) is 0 Å². The number of rotatable bonds is 0. The van der Waals surface area contributed by atoms with Crippen molar-refractivity contribution in [3.05, 3.63) is 23.8 Å². The number of hydrogen-bond donors (Lipinski definition) is 0. The second kappa shape index (κ2) is 2.84. The summed E-state index contributed by atoms with van der Waals surface area (Å²) in [7, 11) is 0. The van der Waals surface area contributed by atoms with E-state index in [0.29, 0.717) is 0 Å². The molecule has 0 amide bonds. The maximum absolute atomic E-state index is 12.7. The van der Waals surface area contributed by atoms with Crippen LogP contribution in [0.5, 0.6) is 11.5 Å². The van der Waals surface area contributed by atoms with E-state index in [1.165, 1.54) is 6.07 Å². The Balaban J connectivity index is 2.39. The van der Waals surface area contributed by atoms with Crippen LogP contribution in [0.3, 0.4) is 0 Å². The number of ether oxygens (including phenoxy) is 2. The molecule has 0 saturated carbocycles. The quantitative estimate of drug-likeness (QED) is 0.659. The van der Waals surface area contributed by atoms with Gasteiger partial charge in [-0.1, -0.05) is 26.8 Å². The first-order chi connectivity index (χ1) is 6.78. The zero-order valence-corrected chi connectivity index (χ0v) is 8.80. The summed E-state index contributed by atoms with van der Waals surface area (Å²) in [6.45, 7) is 6.01. The minimum atomic E-state index is -3.53. The van der Waals surface area contributed by atoms with E-state index in [-0.39, 0.29) is 16.9 Å². The topological polar surface area (TPSA) is 18.5 Å². The molecule has 0 aliphatic carbocycles. The maximum atomic E-state index is 12.7. The highest BCUT2D eigenvalue weighted by Gasteiger charge is 2.43. The van der Waals surface area contributed by atoms with E-state index in [2.05, 4.69) is 9.47 Å². The second-order valence-corrected chi connectivity index (χ2v) is 4.58. The molecule has 0 spiro atoms. The molecule has 0 saturated heterocycles. The van der Waals surface area contributed by atoms with Crippen molar-refractivity contribution in [3.63, 3.8) is 0 Å². The number of alkyl halides is 2. The van der Waals surface area contributed by atoms with Crippen molar-refractivity contribution >= 4 is 0 Å². The first-order valence-corrected chi connectivity index (χ1v) is 4.68. The highest BCUT2D eigenvalue weighted by molar-refractivity contribution is 5.46. The molecule has 1 aliphatic rings. The van der Waals surface area contributed by atoms with Gasteiger partial charge in [0.25, 0.3) is 0 Å². The summed E-state index contributed by atoms with van der Waals surface area (Å²) in [6, 6.07) is 4.87. The van der Waals surface area contributed by atoms with Crippen LogP contribution in [0.1, 0.15) is 26.3 Å². The summed E-state index contributed by atoms with van der Waals surface area (Å²) in [6.07, 6.45) is -3.53. The molecule has 1 aromatic carbocycles. The highest BCUT2D eigenvalue weighted by atomic mass is 19.3. The Morgan fingerprint density at radius 2 is 1.67 bits per heavy atom. The molecule has 0 unspecified atom stereocenters. The monoisotopic (exact) mass is 214 g/mol. The standard InChI is InChI=1S/C11H12F2O2/c1-10(2,3)7-4-5-8-9(6-7)15-11(12,13)14-8/h4-6H,1-3H3. The lowest BCUT2D eigenvalue weighted by Crippen LogP contribution is -2.25. The van der Waals surface area contributed by atoms with Gasteiger partial charge in [-0.3, -0.25) is 0 Å². The summed E-state index contributed by atoms with van der Waals surface area (Å²) < 4.78 is 34.1. The highest BCUT2D eigenvalue weighted by Crippen LogP contribution is 2.42. The predicted molar refractivity (Wildman–Crippen MR) is 51.3 cm³/mol. The summed E-state index contributed by atoms with van der Waals surface area (Å²) in [5.41, 5.74) is 0.832. The molecule has 4 heteroatoms. The second-order valence-electron chi connectivity index (χ2n) is 4.58. The summed E-state index contributed by atoms with van der Waals surface area (Å²) >= 11 is 0. The Hall–Kier alpha value is -1.32. The van der Waals surface area contributed by atoms with Crippen LogP contribution in [0, 0.1) is 0 Å². The summed E-state index contributed by atoms with van der Waals surface area (Å²) in [5.74, 6) is 0.195. The molecule has 15 heavy (non-hydrogen) atoms. The Morgan fingerprint density at radius 3 is 2.27 bits per heavy atom. The average molecular weight is 214 g/mol. The molecular weight excluding hydrogens is 202 g/mol. The molecule has 0 bridgehead atoms. The average Bonchev–Trinajstić information content (AvgIpc) is 2.34. The fourth-order valence-corrected chi connectivity index (χ4v) is 1.42. The Morgan fingerprint density at radius 1 is 1.07 bits per heavy atom. The van der Waals surface area contributed by atoms with Gasteiger partial charge in [-0.2, -0.15) is 0 Å². The third-order valence-corrected chi connectivity index (χ3v) is 2.27. The largest absolute Gasteiger partial charge is 0.586 e. The van der Waals surface area contributed by atoms with Crippen LogP contribution in [-0.4, -0.2) is 6.29 Å². The molecule has 0 atom stereocenters. The molecule has 82 valence electrons.